The topological polar surface area (TPSA) is 41.5 Å². The van der Waals surface area contributed by atoms with E-state index in [0.717, 1.165) is 6.42 Å². The van der Waals surface area contributed by atoms with Gasteiger partial charge in [-0.1, -0.05) is 30.7 Å². The van der Waals surface area contributed by atoms with E-state index in [1.54, 1.807) is 12.1 Å². The molecule has 2 unspecified atom stereocenters. The highest BCUT2D eigenvalue weighted by molar-refractivity contribution is 6.32. The van der Waals surface area contributed by atoms with E-state index in [0.29, 0.717) is 23.4 Å². The predicted octanol–water partition coefficient (Wildman–Crippen LogP) is 2.47. The molecule has 0 bridgehead atoms. The van der Waals surface area contributed by atoms with Crippen LogP contribution in [-0.2, 0) is 0 Å². The molecule has 17 heavy (non-hydrogen) atoms. The zero-order chi connectivity index (χ0) is 12.7. The monoisotopic (exact) mass is 257 g/mol. The maximum Gasteiger partial charge on any atom is 0.138 e. The number of para-hydroxylation sites is 1. The number of aliphatic hydroxyl groups excluding tert-OH is 1. The SMILES string of the molecule is CCC(C)NCC(O)COc1ccccc1Cl. The van der Waals surface area contributed by atoms with E-state index < -0.39 is 6.10 Å². The van der Waals surface area contributed by atoms with Crippen LogP contribution in [0, 0.1) is 0 Å². The summed E-state index contributed by atoms with van der Waals surface area (Å²) < 4.78 is 5.44. The summed E-state index contributed by atoms with van der Waals surface area (Å²) in [6.45, 7) is 4.96. The zero-order valence-electron chi connectivity index (χ0n) is 10.3. The predicted molar refractivity (Wildman–Crippen MR) is 70.7 cm³/mol. The van der Waals surface area contributed by atoms with Crippen LogP contribution in [0.3, 0.4) is 0 Å². The van der Waals surface area contributed by atoms with Crippen LogP contribution in [-0.4, -0.2) is 30.4 Å². The lowest BCUT2D eigenvalue weighted by Gasteiger charge is -2.16. The van der Waals surface area contributed by atoms with Crippen molar-refractivity contribution in [1.29, 1.82) is 0 Å². The van der Waals surface area contributed by atoms with E-state index in [2.05, 4.69) is 19.2 Å². The molecular formula is C13H20ClNO2. The summed E-state index contributed by atoms with van der Waals surface area (Å²) in [4.78, 5) is 0. The molecule has 0 saturated carbocycles. The van der Waals surface area contributed by atoms with E-state index in [9.17, 15) is 5.11 Å². The standard InChI is InChI=1S/C13H20ClNO2/c1-3-10(2)15-8-11(16)9-17-13-7-5-4-6-12(13)14/h4-7,10-11,15-16H,3,8-9H2,1-2H3. The summed E-state index contributed by atoms with van der Waals surface area (Å²) in [6.07, 6.45) is 0.512. The molecule has 0 aliphatic carbocycles. The highest BCUT2D eigenvalue weighted by atomic mass is 35.5. The van der Waals surface area contributed by atoms with Crippen molar-refractivity contribution in [2.24, 2.45) is 0 Å². The minimum absolute atomic E-state index is 0.243. The van der Waals surface area contributed by atoms with Crippen molar-refractivity contribution in [3.05, 3.63) is 29.3 Å². The summed E-state index contributed by atoms with van der Waals surface area (Å²) in [5, 5.41) is 13.5. The number of nitrogens with one attached hydrogen (secondary N) is 1. The molecule has 1 rings (SSSR count). The summed E-state index contributed by atoms with van der Waals surface area (Å²) >= 11 is 5.94. The fraction of sp³-hybridized carbons (Fsp3) is 0.538. The van der Waals surface area contributed by atoms with E-state index in [1.165, 1.54) is 0 Å². The number of rotatable bonds is 7. The minimum Gasteiger partial charge on any atom is -0.489 e. The molecule has 0 aliphatic heterocycles. The number of benzene rings is 1. The van der Waals surface area contributed by atoms with Crippen LogP contribution in [0.5, 0.6) is 5.75 Å². The van der Waals surface area contributed by atoms with Gasteiger partial charge in [-0.05, 0) is 25.5 Å². The van der Waals surface area contributed by atoms with Gasteiger partial charge in [0, 0.05) is 12.6 Å². The Bertz CT molecular complexity index is 333. The van der Waals surface area contributed by atoms with Gasteiger partial charge in [-0.25, -0.2) is 0 Å². The van der Waals surface area contributed by atoms with Gasteiger partial charge in [-0.15, -0.1) is 0 Å². The molecule has 0 aromatic heterocycles. The number of ether oxygens (including phenoxy) is 1. The molecule has 96 valence electrons. The van der Waals surface area contributed by atoms with Crippen molar-refractivity contribution in [3.8, 4) is 5.75 Å². The zero-order valence-corrected chi connectivity index (χ0v) is 11.1. The molecule has 0 spiro atoms. The van der Waals surface area contributed by atoms with E-state index in [4.69, 9.17) is 16.3 Å². The fourth-order valence-corrected chi connectivity index (χ4v) is 1.48. The maximum absolute atomic E-state index is 9.72. The Morgan fingerprint density at radius 3 is 2.76 bits per heavy atom. The van der Waals surface area contributed by atoms with Crippen LogP contribution in [0.2, 0.25) is 5.02 Å². The van der Waals surface area contributed by atoms with E-state index >= 15 is 0 Å². The Kier molecular flexibility index (Phi) is 6.34. The minimum atomic E-state index is -0.528. The van der Waals surface area contributed by atoms with Gasteiger partial charge < -0.3 is 15.2 Å². The van der Waals surface area contributed by atoms with Gasteiger partial charge in [0.25, 0.3) is 0 Å². The molecule has 0 aliphatic rings. The van der Waals surface area contributed by atoms with Gasteiger partial charge >= 0.3 is 0 Å². The lowest BCUT2D eigenvalue weighted by atomic mass is 10.2. The molecule has 0 fully saturated rings. The first-order valence-electron chi connectivity index (χ1n) is 5.92. The van der Waals surface area contributed by atoms with E-state index in [1.807, 2.05) is 12.1 Å². The molecule has 0 saturated heterocycles. The molecule has 2 atom stereocenters. The Balaban J connectivity index is 2.28. The molecule has 1 aromatic carbocycles. The molecule has 3 nitrogen and oxygen atoms in total. The Hall–Kier alpha value is -0.770. The second-order valence-electron chi connectivity index (χ2n) is 4.11. The second kappa shape index (κ2) is 7.54. The quantitative estimate of drug-likeness (QED) is 0.789. The smallest absolute Gasteiger partial charge is 0.138 e. The van der Waals surface area contributed by atoms with Gasteiger partial charge in [0.15, 0.2) is 0 Å². The molecule has 2 N–H and O–H groups in total. The third kappa shape index (κ3) is 5.39. The van der Waals surface area contributed by atoms with Gasteiger partial charge in [0.1, 0.15) is 18.5 Å². The first-order chi connectivity index (χ1) is 8.13. The van der Waals surface area contributed by atoms with Crippen LogP contribution < -0.4 is 10.1 Å². The highest BCUT2D eigenvalue weighted by Crippen LogP contribution is 2.22. The summed E-state index contributed by atoms with van der Waals surface area (Å²) in [6, 6.07) is 7.66. The molecule has 0 radical (unpaired) electrons. The van der Waals surface area contributed by atoms with Crippen molar-refractivity contribution in [3.63, 3.8) is 0 Å². The summed E-state index contributed by atoms with van der Waals surface area (Å²) in [5.74, 6) is 0.608. The summed E-state index contributed by atoms with van der Waals surface area (Å²) in [7, 11) is 0. The molecule has 1 aromatic rings. The molecule has 0 heterocycles. The first kappa shape index (κ1) is 14.3. The molecule has 4 heteroatoms. The van der Waals surface area contributed by atoms with E-state index in [-0.39, 0.29) is 6.61 Å². The van der Waals surface area contributed by atoms with Gasteiger partial charge in [-0.3, -0.25) is 0 Å². The first-order valence-corrected chi connectivity index (χ1v) is 6.30. The van der Waals surface area contributed by atoms with Gasteiger partial charge in [0.05, 0.1) is 5.02 Å². The Labute approximate surface area is 108 Å². The van der Waals surface area contributed by atoms with Crippen LogP contribution in [0.4, 0.5) is 0 Å². The Morgan fingerprint density at radius 1 is 1.41 bits per heavy atom. The molecule has 0 amide bonds. The number of hydrogen-bond donors (Lipinski definition) is 2. The van der Waals surface area contributed by atoms with Crippen LogP contribution >= 0.6 is 11.6 Å². The van der Waals surface area contributed by atoms with Crippen LogP contribution in [0.1, 0.15) is 20.3 Å². The number of aliphatic hydroxyl groups is 1. The largest absolute Gasteiger partial charge is 0.489 e. The second-order valence-corrected chi connectivity index (χ2v) is 4.52. The Morgan fingerprint density at radius 2 is 2.12 bits per heavy atom. The lowest BCUT2D eigenvalue weighted by Crippen LogP contribution is -2.36. The van der Waals surface area contributed by atoms with Gasteiger partial charge in [-0.2, -0.15) is 0 Å². The van der Waals surface area contributed by atoms with Crippen molar-refractivity contribution >= 4 is 11.6 Å². The fourth-order valence-electron chi connectivity index (χ4n) is 1.29. The average Bonchev–Trinajstić information content (AvgIpc) is 2.35. The molecular weight excluding hydrogens is 238 g/mol. The third-order valence-corrected chi connectivity index (χ3v) is 2.89. The summed E-state index contributed by atoms with van der Waals surface area (Å²) in [5.41, 5.74) is 0. The number of hydrogen-bond acceptors (Lipinski definition) is 3. The van der Waals surface area contributed by atoms with Crippen LogP contribution in [0.15, 0.2) is 24.3 Å². The van der Waals surface area contributed by atoms with Crippen molar-refractivity contribution < 1.29 is 9.84 Å². The van der Waals surface area contributed by atoms with Crippen molar-refractivity contribution in [2.45, 2.75) is 32.4 Å². The lowest BCUT2D eigenvalue weighted by molar-refractivity contribution is 0.104. The number of halogens is 1. The third-order valence-electron chi connectivity index (χ3n) is 2.58. The average molecular weight is 258 g/mol. The highest BCUT2D eigenvalue weighted by Gasteiger charge is 2.08. The normalized spacial score (nSPS) is 14.4. The van der Waals surface area contributed by atoms with Crippen molar-refractivity contribution in [1.82, 2.24) is 5.32 Å². The van der Waals surface area contributed by atoms with Crippen LogP contribution in [0.25, 0.3) is 0 Å². The maximum atomic E-state index is 9.72. The van der Waals surface area contributed by atoms with Gasteiger partial charge in [0.2, 0.25) is 0 Å². The van der Waals surface area contributed by atoms with Crippen molar-refractivity contribution in [2.75, 3.05) is 13.2 Å².